The molecule has 0 amide bonds. The predicted octanol–water partition coefficient (Wildman–Crippen LogP) is 4.36. The Bertz CT molecular complexity index is 804. The standard InChI is InChI=1S/C17H19N3OS2/c1-4-17(15-18-5-6-22-15)12-10(7-16(2,3)8-11(12)21)20-14-13(17)23-9-19-14/h5-6,9,20H,4,7-8H2,1-3H3. The summed E-state index contributed by atoms with van der Waals surface area (Å²) in [5.74, 6) is 1.15. The van der Waals surface area contributed by atoms with Crippen molar-refractivity contribution in [2.24, 2.45) is 5.41 Å². The minimum Gasteiger partial charge on any atom is -0.342 e. The fourth-order valence-electron chi connectivity index (χ4n) is 3.94. The van der Waals surface area contributed by atoms with Crippen molar-refractivity contribution in [1.82, 2.24) is 9.97 Å². The van der Waals surface area contributed by atoms with E-state index in [0.29, 0.717) is 6.42 Å². The quantitative estimate of drug-likeness (QED) is 0.878. The molecule has 0 saturated carbocycles. The third kappa shape index (κ3) is 2.04. The third-order valence-electron chi connectivity index (χ3n) is 4.85. The number of aromatic nitrogens is 2. The van der Waals surface area contributed by atoms with Gasteiger partial charge in [-0.1, -0.05) is 20.8 Å². The highest BCUT2D eigenvalue weighted by molar-refractivity contribution is 7.12. The highest BCUT2D eigenvalue weighted by Gasteiger charge is 2.51. The molecule has 1 aliphatic carbocycles. The zero-order chi connectivity index (χ0) is 16.2. The molecule has 1 N–H and O–H groups in total. The van der Waals surface area contributed by atoms with Gasteiger partial charge in [-0.15, -0.1) is 22.7 Å². The number of carbonyl (C=O) groups is 1. The second kappa shape index (κ2) is 4.98. The number of anilines is 1. The van der Waals surface area contributed by atoms with Crippen molar-refractivity contribution >= 4 is 34.3 Å². The van der Waals surface area contributed by atoms with Gasteiger partial charge in [-0.05, 0) is 18.3 Å². The van der Waals surface area contributed by atoms with Crippen LogP contribution in [0.4, 0.5) is 5.82 Å². The van der Waals surface area contributed by atoms with E-state index in [9.17, 15) is 4.79 Å². The molecule has 4 rings (SSSR count). The number of nitrogens with one attached hydrogen (secondary N) is 1. The van der Waals surface area contributed by atoms with Crippen molar-refractivity contribution in [3.8, 4) is 0 Å². The first-order valence-corrected chi connectivity index (χ1v) is 9.61. The molecule has 0 spiro atoms. The lowest BCUT2D eigenvalue weighted by Crippen LogP contribution is -2.42. The monoisotopic (exact) mass is 345 g/mol. The van der Waals surface area contributed by atoms with Crippen molar-refractivity contribution in [1.29, 1.82) is 0 Å². The minimum absolute atomic E-state index is 0.0151. The van der Waals surface area contributed by atoms with Crippen molar-refractivity contribution in [3.63, 3.8) is 0 Å². The summed E-state index contributed by atoms with van der Waals surface area (Å²) in [6.45, 7) is 6.46. The normalized spacial score (nSPS) is 25.8. The fourth-order valence-corrected chi connectivity index (χ4v) is 5.95. The first-order valence-electron chi connectivity index (χ1n) is 7.86. The molecule has 3 heterocycles. The van der Waals surface area contributed by atoms with Crippen LogP contribution in [0.15, 0.2) is 28.4 Å². The van der Waals surface area contributed by atoms with Crippen LogP contribution in [0.3, 0.4) is 0 Å². The van der Waals surface area contributed by atoms with Crippen molar-refractivity contribution in [3.05, 3.63) is 38.2 Å². The molecule has 2 aromatic heterocycles. The number of hydrogen-bond acceptors (Lipinski definition) is 6. The molecule has 23 heavy (non-hydrogen) atoms. The van der Waals surface area contributed by atoms with Crippen LogP contribution in [0.25, 0.3) is 0 Å². The van der Waals surface area contributed by atoms with Gasteiger partial charge in [0.1, 0.15) is 10.8 Å². The zero-order valence-electron chi connectivity index (χ0n) is 13.5. The molecule has 2 aromatic rings. The van der Waals surface area contributed by atoms with Gasteiger partial charge in [-0.25, -0.2) is 9.97 Å². The van der Waals surface area contributed by atoms with E-state index >= 15 is 0 Å². The zero-order valence-corrected chi connectivity index (χ0v) is 15.1. The highest BCUT2D eigenvalue weighted by atomic mass is 32.1. The largest absolute Gasteiger partial charge is 0.342 e. The summed E-state index contributed by atoms with van der Waals surface area (Å²) >= 11 is 3.25. The van der Waals surface area contributed by atoms with Crippen LogP contribution in [0, 0.1) is 5.41 Å². The van der Waals surface area contributed by atoms with E-state index in [4.69, 9.17) is 0 Å². The van der Waals surface area contributed by atoms with E-state index in [1.807, 2.05) is 17.1 Å². The first kappa shape index (κ1) is 15.0. The minimum atomic E-state index is -0.432. The van der Waals surface area contributed by atoms with Gasteiger partial charge in [0.2, 0.25) is 0 Å². The molecule has 0 bridgehead atoms. The van der Waals surface area contributed by atoms with Crippen LogP contribution in [0.5, 0.6) is 0 Å². The molecule has 0 aromatic carbocycles. The highest BCUT2D eigenvalue weighted by Crippen LogP contribution is 2.55. The number of allylic oxidation sites excluding steroid dienone is 2. The summed E-state index contributed by atoms with van der Waals surface area (Å²) in [5, 5.41) is 6.45. The second-order valence-corrected chi connectivity index (χ2v) is 8.80. The lowest BCUT2D eigenvalue weighted by Gasteiger charge is -2.43. The van der Waals surface area contributed by atoms with Gasteiger partial charge in [0.25, 0.3) is 0 Å². The molecule has 1 atom stereocenters. The SMILES string of the molecule is CCC1(c2nccs2)C2=C(CC(C)(C)CC2=O)Nc2ncsc21. The van der Waals surface area contributed by atoms with Crippen LogP contribution in [0.2, 0.25) is 0 Å². The number of ketones is 1. The molecule has 0 saturated heterocycles. The maximum Gasteiger partial charge on any atom is 0.162 e. The Kier molecular flexibility index (Phi) is 3.25. The number of thiazole rings is 2. The topological polar surface area (TPSA) is 54.9 Å². The Balaban J connectivity index is 2.02. The van der Waals surface area contributed by atoms with Gasteiger partial charge in [-0.2, -0.15) is 0 Å². The predicted molar refractivity (Wildman–Crippen MR) is 94.0 cm³/mol. The molecule has 4 nitrogen and oxygen atoms in total. The Morgan fingerprint density at radius 2 is 2.09 bits per heavy atom. The molecule has 6 heteroatoms. The Morgan fingerprint density at radius 1 is 1.26 bits per heavy atom. The summed E-state index contributed by atoms with van der Waals surface area (Å²) < 4.78 is 0. The van der Waals surface area contributed by atoms with Crippen LogP contribution < -0.4 is 5.32 Å². The number of nitrogens with zero attached hydrogens (tertiary/aromatic N) is 2. The van der Waals surface area contributed by atoms with Crippen LogP contribution in [-0.4, -0.2) is 15.8 Å². The second-order valence-electron chi connectivity index (χ2n) is 7.05. The number of rotatable bonds is 2. The van der Waals surface area contributed by atoms with Crippen LogP contribution in [0.1, 0.15) is 49.9 Å². The Hall–Kier alpha value is -1.53. The summed E-state index contributed by atoms with van der Waals surface area (Å²) in [6, 6.07) is 0. The molecular formula is C17H19N3OS2. The number of fused-ring (bicyclic) bond motifs is 1. The van der Waals surface area contributed by atoms with Gasteiger partial charge in [0, 0.05) is 29.3 Å². The Labute approximate surface area is 143 Å². The maximum atomic E-state index is 13.1. The first-order chi connectivity index (χ1) is 11.0. The fraction of sp³-hybridized carbons (Fsp3) is 0.471. The lowest BCUT2D eigenvalue weighted by molar-refractivity contribution is -0.118. The average Bonchev–Trinajstić information content (AvgIpc) is 3.14. The molecule has 1 unspecified atom stereocenters. The van der Waals surface area contributed by atoms with E-state index in [1.165, 1.54) is 0 Å². The smallest absolute Gasteiger partial charge is 0.162 e. The van der Waals surface area contributed by atoms with E-state index in [1.54, 1.807) is 22.7 Å². The molecule has 2 aliphatic rings. The maximum absolute atomic E-state index is 13.1. The van der Waals surface area contributed by atoms with Gasteiger partial charge in [0.05, 0.1) is 15.8 Å². The van der Waals surface area contributed by atoms with Crippen LogP contribution in [-0.2, 0) is 10.2 Å². The number of Topliss-reactive ketones (excluding diaryl/α,β-unsaturated/α-hetero) is 1. The number of carbonyl (C=O) groups excluding carboxylic acids is 1. The molecule has 0 radical (unpaired) electrons. The van der Waals surface area contributed by atoms with Crippen molar-refractivity contribution in [2.75, 3.05) is 5.32 Å². The van der Waals surface area contributed by atoms with Gasteiger partial charge in [-0.3, -0.25) is 4.79 Å². The summed E-state index contributed by atoms with van der Waals surface area (Å²) in [4.78, 5) is 23.4. The third-order valence-corrected chi connectivity index (χ3v) is 6.78. The van der Waals surface area contributed by atoms with E-state index in [-0.39, 0.29) is 11.2 Å². The van der Waals surface area contributed by atoms with E-state index in [0.717, 1.165) is 39.8 Å². The van der Waals surface area contributed by atoms with Crippen molar-refractivity contribution in [2.45, 2.75) is 45.4 Å². The molecule has 120 valence electrons. The lowest BCUT2D eigenvalue weighted by atomic mass is 9.65. The average molecular weight is 345 g/mol. The Morgan fingerprint density at radius 3 is 2.78 bits per heavy atom. The summed E-state index contributed by atoms with van der Waals surface area (Å²) in [5.41, 5.74) is 3.38. The molecular weight excluding hydrogens is 326 g/mol. The molecule has 1 aliphatic heterocycles. The van der Waals surface area contributed by atoms with E-state index in [2.05, 4.69) is 36.1 Å². The number of hydrogen-bond donors (Lipinski definition) is 1. The van der Waals surface area contributed by atoms with E-state index < -0.39 is 5.41 Å². The van der Waals surface area contributed by atoms with Gasteiger partial charge >= 0.3 is 0 Å². The summed E-state index contributed by atoms with van der Waals surface area (Å²) in [6.07, 6.45) is 4.12. The van der Waals surface area contributed by atoms with Gasteiger partial charge in [0.15, 0.2) is 5.78 Å². The van der Waals surface area contributed by atoms with Gasteiger partial charge < -0.3 is 5.32 Å². The van der Waals surface area contributed by atoms with Crippen molar-refractivity contribution < 1.29 is 4.79 Å². The molecule has 0 fully saturated rings. The van der Waals surface area contributed by atoms with Crippen LogP contribution >= 0.6 is 22.7 Å². The summed E-state index contributed by atoms with van der Waals surface area (Å²) in [7, 11) is 0.